The van der Waals surface area contributed by atoms with Crippen molar-refractivity contribution in [2.24, 2.45) is 0 Å². The number of carboxylic acids is 2. The lowest BCUT2D eigenvalue weighted by atomic mass is 10.0. The lowest BCUT2D eigenvalue weighted by Gasteiger charge is -2.04. The van der Waals surface area contributed by atoms with Crippen LogP contribution in [0.15, 0.2) is 60.7 Å². The number of aryl methyl sites for hydroxylation is 1. The Morgan fingerprint density at radius 3 is 2.00 bits per heavy atom. The van der Waals surface area contributed by atoms with Gasteiger partial charge in [-0.1, -0.05) is 48.5 Å². The normalized spacial score (nSPS) is 10.1. The molecular formula is C22H21ClO4. The van der Waals surface area contributed by atoms with E-state index in [1.807, 2.05) is 0 Å². The van der Waals surface area contributed by atoms with Gasteiger partial charge in [-0.15, -0.1) is 11.6 Å². The molecule has 3 aromatic carbocycles. The molecule has 0 atom stereocenters. The van der Waals surface area contributed by atoms with Gasteiger partial charge >= 0.3 is 11.9 Å². The molecule has 2 N–H and O–H groups in total. The van der Waals surface area contributed by atoms with Crippen molar-refractivity contribution in [3.05, 3.63) is 82.9 Å². The molecule has 0 aromatic heterocycles. The van der Waals surface area contributed by atoms with Gasteiger partial charge in [-0.3, -0.25) is 0 Å². The SMILES string of the molecule is Cc1c(C(=O)O)cccc1C(=O)O.ClCCCc1cccc2ccccc12. The summed E-state index contributed by atoms with van der Waals surface area (Å²) in [6, 6.07) is 19.1. The summed E-state index contributed by atoms with van der Waals surface area (Å²) in [4.78, 5) is 21.2. The van der Waals surface area contributed by atoms with Gasteiger partial charge in [0, 0.05) is 5.88 Å². The molecular weight excluding hydrogens is 364 g/mol. The second kappa shape index (κ2) is 9.74. The number of carboxylic acid groups (broad SMARTS) is 2. The second-order valence-electron chi connectivity index (χ2n) is 6.02. The number of aromatic carboxylic acids is 2. The molecule has 0 fully saturated rings. The van der Waals surface area contributed by atoms with E-state index in [-0.39, 0.29) is 16.7 Å². The van der Waals surface area contributed by atoms with Crippen LogP contribution in [0.4, 0.5) is 0 Å². The molecule has 0 unspecified atom stereocenters. The van der Waals surface area contributed by atoms with E-state index in [9.17, 15) is 9.59 Å². The van der Waals surface area contributed by atoms with Gasteiger partial charge in [0.05, 0.1) is 11.1 Å². The summed E-state index contributed by atoms with van der Waals surface area (Å²) in [6.07, 6.45) is 2.13. The standard InChI is InChI=1S/C13H13Cl.C9H8O4/c14-10-4-8-12-7-3-6-11-5-1-2-9-13(11)12;1-5-6(8(10)11)3-2-4-7(5)9(12)13/h1-3,5-7,9H,4,8,10H2;2-4H,1H3,(H,10,11)(H,12,13). The maximum Gasteiger partial charge on any atom is 0.335 e. The number of fused-ring (bicyclic) bond motifs is 1. The minimum Gasteiger partial charge on any atom is -0.478 e. The van der Waals surface area contributed by atoms with E-state index in [2.05, 4.69) is 42.5 Å². The monoisotopic (exact) mass is 384 g/mol. The molecule has 5 heteroatoms. The van der Waals surface area contributed by atoms with E-state index >= 15 is 0 Å². The summed E-state index contributed by atoms with van der Waals surface area (Å²) in [5.41, 5.74) is 1.74. The van der Waals surface area contributed by atoms with Gasteiger partial charge in [0.1, 0.15) is 0 Å². The molecule has 0 heterocycles. The van der Waals surface area contributed by atoms with E-state index in [1.54, 1.807) is 0 Å². The lowest BCUT2D eigenvalue weighted by Crippen LogP contribution is -2.06. The third-order valence-electron chi connectivity index (χ3n) is 4.25. The largest absolute Gasteiger partial charge is 0.478 e. The minimum atomic E-state index is -1.11. The van der Waals surface area contributed by atoms with E-state index in [1.165, 1.54) is 41.5 Å². The first-order chi connectivity index (χ1) is 13.0. The molecule has 3 aromatic rings. The van der Waals surface area contributed by atoms with Gasteiger partial charge in [-0.2, -0.15) is 0 Å². The van der Waals surface area contributed by atoms with Crippen LogP contribution < -0.4 is 0 Å². The van der Waals surface area contributed by atoms with Crippen molar-refractivity contribution >= 4 is 34.3 Å². The fraction of sp³-hybridized carbons (Fsp3) is 0.182. The van der Waals surface area contributed by atoms with E-state index in [0.29, 0.717) is 0 Å². The Labute approximate surface area is 163 Å². The lowest BCUT2D eigenvalue weighted by molar-refractivity contribution is 0.0696. The number of rotatable bonds is 5. The van der Waals surface area contributed by atoms with Gasteiger partial charge in [0.15, 0.2) is 0 Å². The number of hydrogen-bond acceptors (Lipinski definition) is 2. The van der Waals surface area contributed by atoms with Crippen molar-refractivity contribution in [2.45, 2.75) is 19.8 Å². The first-order valence-electron chi connectivity index (χ1n) is 8.54. The minimum absolute atomic E-state index is 0.0277. The summed E-state index contributed by atoms with van der Waals surface area (Å²) in [6.45, 7) is 1.48. The second-order valence-corrected chi connectivity index (χ2v) is 6.40. The number of benzene rings is 3. The Morgan fingerprint density at radius 1 is 0.852 bits per heavy atom. The van der Waals surface area contributed by atoms with Crippen molar-refractivity contribution in [3.63, 3.8) is 0 Å². The molecule has 0 spiro atoms. The number of hydrogen-bond donors (Lipinski definition) is 2. The Balaban J connectivity index is 0.000000194. The maximum absolute atomic E-state index is 10.6. The molecule has 0 amide bonds. The summed E-state index contributed by atoms with van der Waals surface area (Å²) in [5, 5.41) is 20.0. The number of halogens is 1. The van der Waals surface area contributed by atoms with Gasteiger partial charge in [0.2, 0.25) is 0 Å². The predicted octanol–water partition coefficient (Wildman–Crippen LogP) is 5.40. The zero-order valence-corrected chi connectivity index (χ0v) is 15.7. The predicted molar refractivity (Wildman–Crippen MR) is 108 cm³/mol. The van der Waals surface area contributed by atoms with E-state index in [4.69, 9.17) is 21.8 Å². The highest BCUT2D eigenvalue weighted by Crippen LogP contribution is 2.19. The Hall–Kier alpha value is -2.85. The van der Waals surface area contributed by atoms with Crippen molar-refractivity contribution in [2.75, 3.05) is 5.88 Å². The third kappa shape index (κ3) is 5.31. The summed E-state index contributed by atoms with van der Waals surface area (Å²) < 4.78 is 0. The average molecular weight is 385 g/mol. The Bertz CT molecular complexity index is 912. The molecule has 0 saturated carbocycles. The Morgan fingerprint density at radius 2 is 1.41 bits per heavy atom. The number of alkyl halides is 1. The molecule has 0 aliphatic rings. The first kappa shape index (κ1) is 20.5. The van der Waals surface area contributed by atoms with Crippen molar-refractivity contribution in [1.29, 1.82) is 0 Å². The third-order valence-corrected chi connectivity index (χ3v) is 4.52. The molecule has 0 aliphatic heterocycles. The zero-order valence-electron chi connectivity index (χ0n) is 15.0. The highest BCUT2D eigenvalue weighted by atomic mass is 35.5. The molecule has 4 nitrogen and oxygen atoms in total. The zero-order chi connectivity index (χ0) is 19.8. The molecule has 0 bridgehead atoms. The van der Waals surface area contributed by atoms with E-state index in [0.717, 1.165) is 18.7 Å². The van der Waals surface area contributed by atoms with Gasteiger partial charge in [-0.05, 0) is 53.8 Å². The van der Waals surface area contributed by atoms with Crippen molar-refractivity contribution < 1.29 is 19.8 Å². The maximum atomic E-state index is 10.6. The van der Waals surface area contributed by atoms with Gasteiger partial charge in [0.25, 0.3) is 0 Å². The van der Waals surface area contributed by atoms with Gasteiger partial charge < -0.3 is 10.2 Å². The highest BCUT2D eigenvalue weighted by molar-refractivity contribution is 6.17. The topological polar surface area (TPSA) is 74.6 Å². The molecule has 27 heavy (non-hydrogen) atoms. The van der Waals surface area contributed by atoms with Crippen LogP contribution in [0.3, 0.4) is 0 Å². The van der Waals surface area contributed by atoms with Crippen LogP contribution in [0, 0.1) is 6.92 Å². The molecule has 0 aliphatic carbocycles. The smallest absolute Gasteiger partial charge is 0.335 e. The fourth-order valence-electron chi connectivity index (χ4n) is 2.87. The first-order valence-corrected chi connectivity index (χ1v) is 9.08. The molecule has 3 rings (SSSR count). The number of carbonyl (C=O) groups is 2. The molecule has 0 radical (unpaired) electrons. The van der Waals surface area contributed by atoms with Crippen molar-refractivity contribution in [1.82, 2.24) is 0 Å². The summed E-state index contributed by atoms with van der Waals surface area (Å²) in [7, 11) is 0. The molecule has 140 valence electrons. The van der Waals surface area contributed by atoms with Crippen LogP contribution in [0.25, 0.3) is 10.8 Å². The van der Waals surface area contributed by atoms with Crippen LogP contribution >= 0.6 is 11.6 Å². The van der Waals surface area contributed by atoms with E-state index < -0.39 is 11.9 Å². The van der Waals surface area contributed by atoms with Crippen LogP contribution in [-0.2, 0) is 6.42 Å². The summed E-state index contributed by atoms with van der Waals surface area (Å²) >= 11 is 5.70. The van der Waals surface area contributed by atoms with Crippen LogP contribution in [0.1, 0.15) is 38.3 Å². The molecule has 0 saturated heterocycles. The average Bonchev–Trinajstić information content (AvgIpc) is 2.66. The van der Waals surface area contributed by atoms with Crippen molar-refractivity contribution in [3.8, 4) is 0 Å². The fourth-order valence-corrected chi connectivity index (χ4v) is 3.00. The van der Waals surface area contributed by atoms with Crippen LogP contribution in [0.2, 0.25) is 0 Å². The van der Waals surface area contributed by atoms with Gasteiger partial charge in [-0.25, -0.2) is 9.59 Å². The van der Waals surface area contributed by atoms with Crippen LogP contribution in [0.5, 0.6) is 0 Å². The summed E-state index contributed by atoms with van der Waals surface area (Å²) in [5.74, 6) is -1.48. The van der Waals surface area contributed by atoms with Crippen LogP contribution in [-0.4, -0.2) is 28.0 Å². The quantitative estimate of drug-likeness (QED) is 0.577. The highest BCUT2D eigenvalue weighted by Gasteiger charge is 2.13. The Kier molecular flexibility index (Phi) is 7.38.